The molecule has 1 heterocycles. The highest BCUT2D eigenvalue weighted by Crippen LogP contribution is 2.13. The molecule has 2 aromatic rings. The average molecular weight is 330 g/mol. The summed E-state index contributed by atoms with van der Waals surface area (Å²) in [5, 5.41) is 16.7. The van der Waals surface area contributed by atoms with Crippen molar-refractivity contribution in [2.24, 2.45) is 5.10 Å². The zero-order valence-corrected chi connectivity index (χ0v) is 13.7. The fraction of sp³-hybridized carbons (Fsp3) is 0.278. The molecule has 3 rings (SSSR count). The number of aromatic hydroxyl groups is 1. The molecule has 120 valence electrons. The van der Waals surface area contributed by atoms with Crippen molar-refractivity contribution in [2.45, 2.75) is 6.54 Å². The van der Waals surface area contributed by atoms with Gasteiger partial charge < -0.3 is 5.11 Å². The summed E-state index contributed by atoms with van der Waals surface area (Å²) >= 11 is 5.92. The quantitative estimate of drug-likeness (QED) is 0.876. The molecule has 0 saturated carbocycles. The Hall–Kier alpha value is -2.04. The van der Waals surface area contributed by atoms with Crippen LogP contribution in [0.3, 0.4) is 0 Å². The lowest BCUT2D eigenvalue weighted by Gasteiger charge is -2.33. The van der Waals surface area contributed by atoms with E-state index in [1.54, 1.807) is 12.1 Å². The van der Waals surface area contributed by atoms with E-state index in [0.717, 1.165) is 43.3 Å². The number of hydrogen-bond acceptors (Lipinski definition) is 4. The predicted octanol–water partition coefficient (Wildman–Crippen LogP) is 3.20. The number of rotatable bonds is 4. The summed E-state index contributed by atoms with van der Waals surface area (Å²) in [5.74, 6) is 0.276. The standard InChI is InChI=1S/C18H20ClN3O/c19-17-5-1-16(2-6-17)14-21-9-11-22(12-10-21)20-13-15-3-7-18(23)8-4-15/h1-8,13,23H,9-12,14H2/b20-13-. The van der Waals surface area contributed by atoms with Gasteiger partial charge in [0.15, 0.2) is 0 Å². The summed E-state index contributed by atoms with van der Waals surface area (Å²) in [4.78, 5) is 2.43. The van der Waals surface area contributed by atoms with Crippen molar-refractivity contribution < 1.29 is 5.11 Å². The summed E-state index contributed by atoms with van der Waals surface area (Å²) in [7, 11) is 0. The Morgan fingerprint density at radius 2 is 1.61 bits per heavy atom. The monoisotopic (exact) mass is 329 g/mol. The topological polar surface area (TPSA) is 39.1 Å². The predicted molar refractivity (Wildman–Crippen MR) is 94.0 cm³/mol. The van der Waals surface area contributed by atoms with Crippen LogP contribution in [0.25, 0.3) is 0 Å². The zero-order valence-electron chi connectivity index (χ0n) is 12.9. The average Bonchev–Trinajstić information content (AvgIpc) is 2.58. The normalized spacial score (nSPS) is 16.1. The van der Waals surface area contributed by atoms with E-state index >= 15 is 0 Å². The van der Waals surface area contributed by atoms with E-state index in [-0.39, 0.29) is 5.75 Å². The summed E-state index contributed by atoms with van der Waals surface area (Å²) < 4.78 is 0. The maximum Gasteiger partial charge on any atom is 0.115 e. The Morgan fingerprint density at radius 3 is 2.26 bits per heavy atom. The Bertz CT molecular complexity index is 647. The van der Waals surface area contributed by atoms with Gasteiger partial charge in [-0.05, 0) is 47.5 Å². The number of hydrazone groups is 1. The molecule has 2 aromatic carbocycles. The van der Waals surface area contributed by atoms with Crippen molar-refractivity contribution in [3.05, 3.63) is 64.7 Å². The molecule has 0 unspecified atom stereocenters. The van der Waals surface area contributed by atoms with Gasteiger partial charge in [0.05, 0.1) is 6.21 Å². The zero-order chi connectivity index (χ0) is 16.1. The van der Waals surface area contributed by atoms with Gasteiger partial charge in [-0.1, -0.05) is 23.7 Å². The van der Waals surface area contributed by atoms with E-state index < -0.39 is 0 Å². The molecule has 0 bridgehead atoms. The third kappa shape index (κ3) is 4.71. The van der Waals surface area contributed by atoms with Gasteiger partial charge in [0.25, 0.3) is 0 Å². The van der Waals surface area contributed by atoms with Crippen molar-refractivity contribution in [2.75, 3.05) is 26.2 Å². The first-order valence-corrected chi connectivity index (χ1v) is 8.11. The van der Waals surface area contributed by atoms with Crippen LogP contribution in [-0.4, -0.2) is 47.4 Å². The summed E-state index contributed by atoms with van der Waals surface area (Å²) in [5.41, 5.74) is 2.28. The van der Waals surface area contributed by atoms with Gasteiger partial charge in [-0.25, -0.2) is 0 Å². The summed E-state index contributed by atoms with van der Waals surface area (Å²) in [6, 6.07) is 15.1. The molecule has 0 aliphatic carbocycles. The number of nitrogens with zero attached hydrogens (tertiary/aromatic N) is 3. The molecule has 4 nitrogen and oxygen atoms in total. The summed E-state index contributed by atoms with van der Waals surface area (Å²) in [6.07, 6.45) is 1.84. The van der Waals surface area contributed by atoms with Crippen LogP contribution in [0.2, 0.25) is 5.02 Å². The fourth-order valence-corrected chi connectivity index (χ4v) is 2.69. The number of piperazine rings is 1. The van der Waals surface area contributed by atoms with E-state index in [4.69, 9.17) is 11.6 Å². The minimum absolute atomic E-state index is 0.276. The third-order valence-electron chi connectivity index (χ3n) is 3.93. The van der Waals surface area contributed by atoms with Crippen molar-refractivity contribution in [3.8, 4) is 5.75 Å². The van der Waals surface area contributed by atoms with Crippen molar-refractivity contribution >= 4 is 17.8 Å². The molecule has 1 aliphatic heterocycles. The number of halogens is 1. The van der Waals surface area contributed by atoms with Gasteiger partial charge in [0.2, 0.25) is 0 Å². The van der Waals surface area contributed by atoms with Gasteiger partial charge in [-0.15, -0.1) is 0 Å². The Balaban J connectivity index is 1.48. The molecule has 0 amide bonds. The Labute approximate surface area is 141 Å². The van der Waals surface area contributed by atoms with Crippen LogP contribution in [0, 0.1) is 0 Å². The van der Waals surface area contributed by atoms with Gasteiger partial charge in [0.1, 0.15) is 5.75 Å². The lowest BCUT2D eigenvalue weighted by Crippen LogP contribution is -2.43. The third-order valence-corrected chi connectivity index (χ3v) is 4.18. The van der Waals surface area contributed by atoms with Crippen LogP contribution >= 0.6 is 11.6 Å². The minimum atomic E-state index is 0.276. The van der Waals surface area contributed by atoms with E-state index in [1.165, 1.54) is 5.56 Å². The van der Waals surface area contributed by atoms with Crippen LogP contribution in [0.15, 0.2) is 53.6 Å². The lowest BCUT2D eigenvalue weighted by molar-refractivity contribution is 0.131. The Kier molecular flexibility index (Phi) is 5.16. The van der Waals surface area contributed by atoms with Crippen LogP contribution in [0.1, 0.15) is 11.1 Å². The number of phenols is 1. The first-order chi connectivity index (χ1) is 11.2. The second-order valence-electron chi connectivity index (χ2n) is 5.69. The van der Waals surface area contributed by atoms with E-state index in [1.807, 2.05) is 30.5 Å². The molecule has 1 N–H and O–H groups in total. The first kappa shape index (κ1) is 15.8. The number of phenolic OH excluding ortho intramolecular Hbond substituents is 1. The van der Waals surface area contributed by atoms with Crippen molar-refractivity contribution in [1.82, 2.24) is 9.91 Å². The van der Waals surface area contributed by atoms with Crippen LogP contribution in [0.5, 0.6) is 5.75 Å². The second-order valence-corrected chi connectivity index (χ2v) is 6.13. The molecule has 5 heteroatoms. The smallest absolute Gasteiger partial charge is 0.115 e. The van der Waals surface area contributed by atoms with E-state index in [0.29, 0.717) is 0 Å². The molecule has 0 atom stereocenters. The second kappa shape index (κ2) is 7.49. The van der Waals surface area contributed by atoms with Crippen LogP contribution in [-0.2, 0) is 6.54 Å². The highest BCUT2D eigenvalue weighted by atomic mass is 35.5. The minimum Gasteiger partial charge on any atom is -0.508 e. The maximum absolute atomic E-state index is 9.27. The number of benzene rings is 2. The van der Waals surface area contributed by atoms with Gasteiger partial charge in [0, 0.05) is 37.7 Å². The summed E-state index contributed by atoms with van der Waals surface area (Å²) in [6.45, 7) is 4.78. The first-order valence-electron chi connectivity index (χ1n) is 7.74. The van der Waals surface area contributed by atoms with Crippen LogP contribution in [0.4, 0.5) is 0 Å². The highest BCUT2D eigenvalue weighted by molar-refractivity contribution is 6.30. The van der Waals surface area contributed by atoms with Crippen LogP contribution < -0.4 is 0 Å². The molecule has 1 aliphatic rings. The molecular formula is C18H20ClN3O. The SMILES string of the molecule is Oc1ccc(/C=N\N2CCN(Cc3ccc(Cl)cc3)CC2)cc1. The van der Waals surface area contributed by atoms with E-state index in [9.17, 15) is 5.11 Å². The van der Waals surface area contributed by atoms with Crippen molar-refractivity contribution in [1.29, 1.82) is 0 Å². The molecule has 23 heavy (non-hydrogen) atoms. The molecule has 0 radical (unpaired) electrons. The van der Waals surface area contributed by atoms with E-state index in [2.05, 4.69) is 27.1 Å². The fourth-order valence-electron chi connectivity index (χ4n) is 2.57. The highest BCUT2D eigenvalue weighted by Gasteiger charge is 2.15. The molecule has 1 saturated heterocycles. The molecular weight excluding hydrogens is 310 g/mol. The largest absolute Gasteiger partial charge is 0.508 e. The number of hydrogen-bond donors (Lipinski definition) is 1. The molecule has 0 aromatic heterocycles. The van der Waals surface area contributed by atoms with Gasteiger partial charge in [-0.2, -0.15) is 5.10 Å². The van der Waals surface area contributed by atoms with Gasteiger partial charge >= 0.3 is 0 Å². The molecule has 0 spiro atoms. The lowest BCUT2D eigenvalue weighted by atomic mass is 10.2. The van der Waals surface area contributed by atoms with Crippen molar-refractivity contribution in [3.63, 3.8) is 0 Å². The Morgan fingerprint density at radius 1 is 0.957 bits per heavy atom. The molecule has 1 fully saturated rings. The van der Waals surface area contributed by atoms with Gasteiger partial charge in [-0.3, -0.25) is 9.91 Å². The maximum atomic E-state index is 9.27.